The van der Waals surface area contributed by atoms with Gasteiger partial charge in [-0.1, -0.05) is 38.8 Å². The summed E-state index contributed by atoms with van der Waals surface area (Å²) in [5.74, 6) is 0.950. The summed E-state index contributed by atoms with van der Waals surface area (Å²) >= 11 is 0. The molecular formula is C16H27NO. The molecule has 0 aromatic heterocycles. The molecule has 0 spiro atoms. The smallest absolute Gasteiger partial charge is 0.119 e. The number of hydrogen-bond acceptors (Lipinski definition) is 2. The van der Waals surface area contributed by atoms with Crippen LogP contribution < -0.4 is 10.1 Å². The molecule has 0 saturated carbocycles. The van der Waals surface area contributed by atoms with Crippen LogP contribution in [-0.2, 0) is 6.42 Å². The Bertz CT molecular complexity index is 319. The Labute approximate surface area is 112 Å². The number of rotatable bonds is 9. The largest absolute Gasteiger partial charge is 0.497 e. The van der Waals surface area contributed by atoms with Crippen molar-refractivity contribution >= 4 is 0 Å². The van der Waals surface area contributed by atoms with E-state index in [2.05, 4.69) is 37.4 Å². The summed E-state index contributed by atoms with van der Waals surface area (Å²) in [6.07, 6.45) is 6.16. The van der Waals surface area contributed by atoms with E-state index in [9.17, 15) is 0 Å². The minimum Gasteiger partial charge on any atom is -0.497 e. The van der Waals surface area contributed by atoms with Gasteiger partial charge in [0.05, 0.1) is 7.11 Å². The van der Waals surface area contributed by atoms with Gasteiger partial charge in [-0.2, -0.15) is 0 Å². The van der Waals surface area contributed by atoms with E-state index in [0.717, 1.165) is 18.7 Å². The van der Waals surface area contributed by atoms with Gasteiger partial charge in [-0.3, -0.25) is 0 Å². The number of benzene rings is 1. The first-order valence-electron chi connectivity index (χ1n) is 7.16. The second-order valence-corrected chi connectivity index (χ2v) is 4.83. The normalized spacial score (nSPS) is 10.9. The summed E-state index contributed by atoms with van der Waals surface area (Å²) < 4.78 is 5.24. The Hall–Kier alpha value is -1.02. The van der Waals surface area contributed by atoms with Gasteiger partial charge in [0.25, 0.3) is 0 Å². The minimum atomic E-state index is 0.686. The van der Waals surface area contributed by atoms with Crippen LogP contribution >= 0.6 is 0 Å². The van der Waals surface area contributed by atoms with Crippen LogP contribution in [-0.4, -0.2) is 19.7 Å². The van der Waals surface area contributed by atoms with E-state index in [0.29, 0.717) is 6.04 Å². The van der Waals surface area contributed by atoms with Crippen molar-refractivity contribution < 1.29 is 4.74 Å². The molecule has 0 fully saturated rings. The third-order valence-electron chi connectivity index (χ3n) is 3.26. The first-order valence-corrected chi connectivity index (χ1v) is 7.16. The molecule has 1 rings (SSSR count). The van der Waals surface area contributed by atoms with Crippen molar-refractivity contribution in [1.82, 2.24) is 5.32 Å². The number of hydrogen-bond donors (Lipinski definition) is 1. The van der Waals surface area contributed by atoms with Crippen LogP contribution in [0.4, 0.5) is 0 Å². The molecule has 2 heteroatoms. The summed E-state index contributed by atoms with van der Waals surface area (Å²) in [6, 6.07) is 9.03. The van der Waals surface area contributed by atoms with Crippen molar-refractivity contribution in [2.24, 2.45) is 0 Å². The highest BCUT2D eigenvalue weighted by Crippen LogP contribution is 2.13. The molecule has 0 heterocycles. The number of methoxy groups -OCH3 is 1. The van der Waals surface area contributed by atoms with Crippen LogP contribution in [0.1, 0.15) is 45.1 Å². The summed E-state index contributed by atoms with van der Waals surface area (Å²) in [7, 11) is 1.72. The van der Waals surface area contributed by atoms with E-state index in [1.807, 2.05) is 6.07 Å². The van der Waals surface area contributed by atoms with Crippen molar-refractivity contribution in [2.75, 3.05) is 13.7 Å². The van der Waals surface area contributed by atoms with Crippen molar-refractivity contribution in [1.29, 1.82) is 0 Å². The van der Waals surface area contributed by atoms with E-state index >= 15 is 0 Å². The molecule has 18 heavy (non-hydrogen) atoms. The third kappa shape index (κ3) is 5.54. The Morgan fingerprint density at radius 3 is 2.50 bits per heavy atom. The highest BCUT2D eigenvalue weighted by Gasteiger charge is 2.05. The molecule has 0 radical (unpaired) electrons. The topological polar surface area (TPSA) is 21.3 Å². The average molecular weight is 249 g/mol. The standard InChI is InChI=1S/C16H27NO/c1-4-7-15(8-5-2)17-12-11-14-9-6-10-16(13-14)18-3/h6,9-10,13,15,17H,4-5,7-8,11-12H2,1-3H3. The lowest BCUT2D eigenvalue weighted by Crippen LogP contribution is -2.30. The van der Waals surface area contributed by atoms with E-state index in [1.54, 1.807) is 7.11 Å². The monoisotopic (exact) mass is 249 g/mol. The van der Waals surface area contributed by atoms with Gasteiger partial charge < -0.3 is 10.1 Å². The number of nitrogens with one attached hydrogen (secondary N) is 1. The van der Waals surface area contributed by atoms with Gasteiger partial charge in [0, 0.05) is 6.04 Å². The van der Waals surface area contributed by atoms with Crippen LogP contribution in [0.15, 0.2) is 24.3 Å². The Morgan fingerprint density at radius 1 is 1.17 bits per heavy atom. The lowest BCUT2D eigenvalue weighted by atomic mass is 10.1. The maximum atomic E-state index is 5.24. The van der Waals surface area contributed by atoms with Gasteiger partial charge in [0.15, 0.2) is 0 Å². The van der Waals surface area contributed by atoms with Gasteiger partial charge in [-0.25, -0.2) is 0 Å². The van der Waals surface area contributed by atoms with Crippen molar-refractivity contribution in [3.8, 4) is 5.75 Å². The van der Waals surface area contributed by atoms with Gasteiger partial charge >= 0.3 is 0 Å². The van der Waals surface area contributed by atoms with E-state index in [-0.39, 0.29) is 0 Å². The van der Waals surface area contributed by atoms with Crippen LogP contribution in [0.2, 0.25) is 0 Å². The molecule has 0 bridgehead atoms. The zero-order chi connectivity index (χ0) is 13.2. The SMILES string of the molecule is CCCC(CCC)NCCc1cccc(OC)c1. The Balaban J connectivity index is 2.34. The molecule has 2 nitrogen and oxygen atoms in total. The molecule has 1 aromatic rings. The fourth-order valence-electron chi connectivity index (χ4n) is 2.29. The fourth-order valence-corrected chi connectivity index (χ4v) is 2.29. The Morgan fingerprint density at radius 2 is 1.89 bits per heavy atom. The second-order valence-electron chi connectivity index (χ2n) is 4.83. The van der Waals surface area contributed by atoms with Gasteiger partial charge in [0.1, 0.15) is 5.75 Å². The van der Waals surface area contributed by atoms with E-state index in [1.165, 1.54) is 31.2 Å². The average Bonchev–Trinajstić information content (AvgIpc) is 2.39. The van der Waals surface area contributed by atoms with Gasteiger partial charge in [-0.15, -0.1) is 0 Å². The molecule has 1 N–H and O–H groups in total. The summed E-state index contributed by atoms with van der Waals surface area (Å²) in [6.45, 7) is 5.57. The Kier molecular flexibility index (Phi) is 7.51. The lowest BCUT2D eigenvalue weighted by molar-refractivity contribution is 0.414. The molecule has 0 saturated heterocycles. The molecule has 0 aliphatic carbocycles. The number of ether oxygens (including phenoxy) is 1. The van der Waals surface area contributed by atoms with E-state index < -0.39 is 0 Å². The van der Waals surface area contributed by atoms with E-state index in [4.69, 9.17) is 4.74 Å². The van der Waals surface area contributed by atoms with Gasteiger partial charge in [-0.05, 0) is 43.5 Å². The van der Waals surface area contributed by atoms with Crippen molar-refractivity contribution in [3.05, 3.63) is 29.8 Å². The zero-order valence-electron chi connectivity index (χ0n) is 12.0. The van der Waals surface area contributed by atoms with Crippen LogP contribution in [0, 0.1) is 0 Å². The van der Waals surface area contributed by atoms with Crippen molar-refractivity contribution in [2.45, 2.75) is 52.0 Å². The fraction of sp³-hybridized carbons (Fsp3) is 0.625. The summed E-state index contributed by atoms with van der Waals surface area (Å²) in [4.78, 5) is 0. The quantitative estimate of drug-likeness (QED) is 0.719. The van der Waals surface area contributed by atoms with Crippen molar-refractivity contribution in [3.63, 3.8) is 0 Å². The highest BCUT2D eigenvalue weighted by atomic mass is 16.5. The molecule has 0 unspecified atom stereocenters. The molecule has 0 aliphatic rings. The van der Waals surface area contributed by atoms with Crippen LogP contribution in [0.3, 0.4) is 0 Å². The first kappa shape index (κ1) is 15.0. The molecule has 0 amide bonds. The lowest BCUT2D eigenvalue weighted by Gasteiger charge is -2.17. The minimum absolute atomic E-state index is 0.686. The zero-order valence-corrected chi connectivity index (χ0v) is 12.0. The predicted molar refractivity (Wildman–Crippen MR) is 78.3 cm³/mol. The summed E-state index contributed by atoms with van der Waals surface area (Å²) in [5.41, 5.74) is 1.34. The molecule has 102 valence electrons. The predicted octanol–water partition coefficient (Wildman–Crippen LogP) is 3.80. The third-order valence-corrected chi connectivity index (χ3v) is 3.26. The van der Waals surface area contributed by atoms with Gasteiger partial charge in [0.2, 0.25) is 0 Å². The second kappa shape index (κ2) is 8.98. The maximum absolute atomic E-state index is 5.24. The molecule has 0 atom stereocenters. The maximum Gasteiger partial charge on any atom is 0.119 e. The summed E-state index contributed by atoms with van der Waals surface area (Å²) in [5, 5.41) is 3.67. The van der Waals surface area contributed by atoms with Crippen LogP contribution in [0.5, 0.6) is 5.75 Å². The molecule has 0 aliphatic heterocycles. The molecule has 1 aromatic carbocycles. The molecular weight excluding hydrogens is 222 g/mol. The van der Waals surface area contributed by atoms with Crippen LogP contribution in [0.25, 0.3) is 0 Å². The first-order chi connectivity index (χ1) is 8.80. The highest BCUT2D eigenvalue weighted by molar-refractivity contribution is 5.28.